The number of benzene rings is 2. The Morgan fingerprint density at radius 3 is 2.64 bits per heavy atom. The Hall–Kier alpha value is -1.55. The summed E-state index contributed by atoms with van der Waals surface area (Å²) in [5.74, 6) is 0.813. The molecule has 0 aliphatic carbocycles. The van der Waals surface area contributed by atoms with Gasteiger partial charge in [-0.2, -0.15) is 0 Å². The normalized spacial score (nSPS) is 12.1. The third-order valence-corrected chi connectivity index (χ3v) is 3.79. The third-order valence-electron chi connectivity index (χ3n) is 3.55. The Morgan fingerprint density at radius 2 is 1.95 bits per heavy atom. The van der Waals surface area contributed by atoms with Crippen molar-refractivity contribution in [3.8, 4) is 5.75 Å². The number of rotatable bonds is 8. The molecule has 0 aromatic heterocycles. The van der Waals surface area contributed by atoms with Crippen LogP contribution < -0.4 is 10.1 Å². The molecule has 22 heavy (non-hydrogen) atoms. The average Bonchev–Trinajstić information content (AvgIpc) is 2.56. The lowest BCUT2D eigenvalue weighted by atomic mass is 10.1. The second kappa shape index (κ2) is 8.79. The molecule has 2 N–H and O–H groups in total. The molecule has 0 aliphatic heterocycles. The maximum atomic E-state index is 9.26. The minimum atomic E-state index is 0.0842. The summed E-state index contributed by atoms with van der Waals surface area (Å²) in [6, 6.07) is 15.8. The Kier molecular flexibility index (Phi) is 6.72. The predicted molar refractivity (Wildman–Crippen MR) is 90.2 cm³/mol. The molecule has 0 fully saturated rings. The minimum absolute atomic E-state index is 0.0842. The van der Waals surface area contributed by atoms with Crippen LogP contribution in [0.1, 0.15) is 24.5 Å². The van der Waals surface area contributed by atoms with Gasteiger partial charge in [-0.1, -0.05) is 48.9 Å². The van der Waals surface area contributed by atoms with Crippen LogP contribution in [0, 0.1) is 0 Å². The molecule has 1 atom stereocenters. The maximum Gasteiger partial charge on any atom is 0.124 e. The summed E-state index contributed by atoms with van der Waals surface area (Å²) >= 11 is 6.08. The van der Waals surface area contributed by atoms with E-state index in [2.05, 4.69) is 5.32 Å². The molecule has 2 rings (SSSR count). The fraction of sp³-hybridized carbons (Fsp3) is 0.333. The summed E-state index contributed by atoms with van der Waals surface area (Å²) in [5.41, 5.74) is 2.12. The number of hydrogen-bond acceptors (Lipinski definition) is 3. The second-order valence-electron chi connectivity index (χ2n) is 5.19. The zero-order valence-corrected chi connectivity index (χ0v) is 13.5. The highest BCUT2D eigenvalue weighted by molar-refractivity contribution is 6.30. The SMILES string of the molecule is CC[C@@H](CO)NCc1cc(Cl)ccc1OCc1ccccc1. The first-order valence-electron chi connectivity index (χ1n) is 7.52. The zero-order valence-electron chi connectivity index (χ0n) is 12.8. The maximum absolute atomic E-state index is 9.26. The van der Waals surface area contributed by atoms with E-state index in [1.54, 1.807) is 0 Å². The number of aliphatic hydroxyl groups is 1. The van der Waals surface area contributed by atoms with Crippen molar-refractivity contribution in [1.29, 1.82) is 0 Å². The van der Waals surface area contributed by atoms with Crippen LogP contribution in [0.3, 0.4) is 0 Å². The van der Waals surface area contributed by atoms with Crippen LogP contribution in [0.15, 0.2) is 48.5 Å². The largest absolute Gasteiger partial charge is 0.489 e. The number of nitrogens with one attached hydrogen (secondary N) is 1. The highest BCUT2D eigenvalue weighted by atomic mass is 35.5. The number of aliphatic hydroxyl groups excluding tert-OH is 1. The lowest BCUT2D eigenvalue weighted by Gasteiger charge is -2.17. The molecule has 0 heterocycles. The van der Waals surface area contributed by atoms with E-state index in [0.717, 1.165) is 23.3 Å². The topological polar surface area (TPSA) is 41.5 Å². The van der Waals surface area contributed by atoms with Crippen molar-refractivity contribution < 1.29 is 9.84 Å². The van der Waals surface area contributed by atoms with E-state index in [9.17, 15) is 5.11 Å². The Morgan fingerprint density at radius 1 is 1.18 bits per heavy atom. The van der Waals surface area contributed by atoms with E-state index in [-0.39, 0.29) is 12.6 Å². The van der Waals surface area contributed by atoms with Crippen molar-refractivity contribution in [2.24, 2.45) is 0 Å². The quantitative estimate of drug-likeness (QED) is 0.778. The summed E-state index contributed by atoms with van der Waals surface area (Å²) in [4.78, 5) is 0. The first-order chi connectivity index (χ1) is 10.7. The first kappa shape index (κ1) is 16.8. The van der Waals surface area contributed by atoms with Crippen molar-refractivity contribution in [3.63, 3.8) is 0 Å². The van der Waals surface area contributed by atoms with Crippen LogP contribution in [0.4, 0.5) is 0 Å². The van der Waals surface area contributed by atoms with Crippen LogP contribution in [0.2, 0.25) is 5.02 Å². The molecule has 118 valence electrons. The smallest absolute Gasteiger partial charge is 0.124 e. The molecule has 0 amide bonds. The Labute approximate surface area is 136 Å². The predicted octanol–water partition coefficient (Wildman–Crippen LogP) is 3.78. The van der Waals surface area contributed by atoms with E-state index in [0.29, 0.717) is 18.2 Å². The van der Waals surface area contributed by atoms with Gasteiger partial charge >= 0.3 is 0 Å². The lowest BCUT2D eigenvalue weighted by molar-refractivity contribution is 0.237. The van der Waals surface area contributed by atoms with Crippen molar-refractivity contribution in [2.45, 2.75) is 32.5 Å². The van der Waals surface area contributed by atoms with Gasteiger partial charge in [0.05, 0.1) is 6.61 Å². The van der Waals surface area contributed by atoms with Crippen molar-refractivity contribution in [1.82, 2.24) is 5.32 Å². The van der Waals surface area contributed by atoms with E-state index in [1.807, 2.05) is 55.5 Å². The van der Waals surface area contributed by atoms with Crippen LogP contribution >= 0.6 is 11.6 Å². The van der Waals surface area contributed by atoms with Gasteiger partial charge in [0.1, 0.15) is 12.4 Å². The summed E-state index contributed by atoms with van der Waals surface area (Å²) < 4.78 is 5.92. The fourth-order valence-electron chi connectivity index (χ4n) is 2.15. The molecule has 0 spiro atoms. The van der Waals surface area contributed by atoms with Gasteiger partial charge in [-0.3, -0.25) is 0 Å². The molecule has 0 unspecified atom stereocenters. The van der Waals surface area contributed by atoms with E-state index >= 15 is 0 Å². The molecular weight excluding hydrogens is 298 g/mol. The standard InChI is InChI=1S/C18H22ClNO2/c1-2-17(12-21)20-11-15-10-16(19)8-9-18(15)22-13-14-6-4-3-5-7-14/h3-10,17,20-21H,2,11-13H2,1H3/t17-/m0/s1. The summed E-state index contributed by atoms with van der Waals surface area (Å²) in [6.45, 7) is 3.30. The van der Waals surface area contributed by atoms with E-state index in [4.69, 9.17) is 16.3 Å². The van der Waals surface area contributed by atoms with Gasteiger partial charge in [-0.25, -0.2) is 0 Å². The number of ether oxygens (including phenoxy) is 1. The zero-order chi connectivity index (χ0) is 15.8. The molecule has 0 saturated carbocycles. The molecule has 0 saturated heterocycles. The Balaban J connectivity index is 2.03. The molecule has 3 nitrogen and oxygen atoms in total. The fourth-order valence-corrected chi connectivity index (χ4v) is 2.35. The third kappa shape index (κ3) is 5.02. The molecular formula is C18H22ClNO2. The van der Waals surface area contributed by atoms with Gasteiger partial charge in [0, 0.05) is 23.2 Å². The van der Waals surface area contributed by atoms with E-state index in [1.165, 1.54) is 0 Å². The van der Waals surface area contributed by atoms with Crippen molar-refractivity contribution >= 4 is 11.6 Å². The average molecular weight is 320 g/mol. The molecule has 0 aliphatic rings. The van der Waals surface area contributed by atoms with Gasteiger partial charge in [0.15, 0.2) is 0 Å². The number of halogens is 1. The van der Waals surface area contributed by atoms with Gasteiger partial charge in [-0.15, -0.1) is 0 Å². The van der Waals surface area contributed by atoms with Crippen LogP contribution in [-0.2, 0) is 13.2 Å². The summed E-state index contributed by atoms with van der Waals surface area (Å²) in [6.07, 6.45) is 0.872. The van der Waals surface area contributed by atoms with Crippen LogP contribution in [0.25, 0.3) is 0 Å². The summed E-state index contributed by atoms with van der Waals surface area (Å²) in [5, 5.41) is 13.3. The van der Waals surface area contributed by atoms with Gasteiger partial charge in [0.2, 0.25) is 0 Å². The molecule has 4 heteroatoms. The van der Waals surface area contributed by atoms with Crippen molar-refractivity contribution in [3.05, 3.63) is 64.7 Å². The van der Waals surface area contributed by atoms with Crippen molar-refractivity contribution in [2.75, 3.05) is 6.61 Å². The lowest BCUT2D eigenvalue weighted by Crippen LogP contribution is -2.31. The van der Waals surface area contributed by atoms with Crippen LogP contribution in [0.5, 0.6) is 5.75 Å². The highest BCUT2D eigenvalue weighted by Gasteiger charge is 2.08. The highest BCUT2D eigenvalue weighted by Crippen LogP contribution is 2.24. The second-order valence-corrected chi connectivity index (χ2v) is 5.63. The molecule has 0 bridgehead atoms. The number of hydrogen-bond donors (Lipinski definition) is 2. The van der Waals surface area contributed by atoms with Gasteiger partial charge in [0.25, 0.3) is 0 Å². The van der Waals surface area contributed by atoms with E-state index < -0.39 is 0 Å². The minimum Gasteiger partial charge on any atom is -0.489 e. The molecule has 2 aromatic carbocycles. The Bertz CT molecular complexity index is 571. The van der Waals surface area contributed by atoms with Crippen LogP contribution in [-0.4, -0.2) is 17.8 Å². The summed E-state index contributed by atoms with van der Waals surface area (Å²) in [7, 11) is 0. The molecule has 2 aromatic rings. The first-order valence-corrected chi connectivity index (χ1v) is 7.90. The van der Waals surface area contributed by atoms with Gasteiger partial charge in [-0.05, 0) is 30.2 Å². The molecule has 0 radical (unpaired) electrons. The van der Waals surface area contributed by atoms with Gasteiger partial charge < -0.3 is 15.2 Å². The monoisotopic (exact) mass is 319 g/mol.